The van der Waals surface area contributed by atoms with Crippen molar-refractivity contribution >= 4 is 0 Å². The molecule has 0 aliphatic carbocycles. The zero-order valence-electron chi connectivity index (χ0n) is 11.7. The number of likely N-dealkylation sites (tertiary alicyclic amines) is 1. The Labute approximate surface area is 110 Å². The quantitative estimate of drug-likeness (QED) is 0.800. The molecular weight excluding hydrogens is 224 g/mol. The van der Waals surface area contributed by atoms with E-state index in [1.54, 1.807) is 0 Å². The molecule has 18 heavy (non-hydrogen) atoms. The van der Waals surface area contributed by atoms with Crippen molar-refractivity contribution in [3.63, 3.8) is 0 Å². The predicted molar refractivity (Wildman–Crippen MR) is 74.4 cm³/mol. The lowest BCUT2D eigenvalue weighted by Gasteiger charge is -2.20. The van der Waals surface area contributed by atoms with E-state index in [-0.39, 0.29) is 0 Å². The SMILES string of the molecule is CCn1cncc1CNCC(C)CN1CCCC1. The number of nitrogens with one attached hydrogen (secondary N) is 1. The van der Waals surface area contributed by atoms with E-state index in [0.717, 1.165) is 25.6 Å². The van der Waals surface area contributed by atoms with Crippen LogP contribution < -0.4 is 5.32 Å². The van der Waals surface area contributed by atoms with Gasteiger partial charge in [-0.25, -0.2) is 4.98 Å². The normalized spacial score (nSPS) is 18.3. The third-order valence-electron chi connectivity index (χ3n) is 3.71. The number of hydrogen-bond donors (Lipinski definition) is 1. The molecule has 4 heteroatoms. The van der Waals surface area contributed by atoms with Crippen molar-refractivity contribution in [1.82, 2.24) is 19.8 Å². The van der Waals surface area contributed by atoms with Crippen molar-refractivity contribution in [3.8, 4) is 0 Å². The third kappa shape index (κ3) is 3.82. The van der Waals surface area contributed by atoms with Gasteiger partial charge in [-0.05, 0) is 45.3 Å². The van der Waals surface area contributed by atoms with Crippen molar-refractivity contribution in [2.24, 2.45) is 5.92 Å². The van der Waals surface area contributed by atoms with Crippen molar-refractivity contribution in [3.05, 3.63) is 18.2 Å². The molecule has 0 bridgehead atoms. The fourth-order valence-corrected chi connectivity index (χ4v) is 2.70. The highest BCUT2D eigenvalue weighted by Gasteiger charge is 2.14. The molecule has 1 aromatic heterocycles. The summed E-state index contributed by atoms with van der Waals surface area (Å²) in [5.74, 6) is 0.723. The van der Waals surface area contributed by atoms with Crippen molar-refractivity contribution < 1.29 is 0 Å². The Morgan fingerprint density at radius 1 is 1.39 bits per heavy atom. The van der Waals surface area contributed by atoms with Crippen LogP contribution >= 0.6 is 0 Å². The first-order chi connectivity index (χ1) is 8.79. The topological polar surface area (TPSA) is 33.1 Å². The van der Waals surface area contributed by atoms with E-state index >= 15 is 0 Å². The fourth-order valence-electron chi connectivity index (χ4n) is 2.70. The molecule has 2 heterocycles. The fraction of sp³-hybridized carbons (Fsp3) is 0.786. The van der Waals surface area contributed by atoms with Crippen LogP contribution in [0, 0.1) is 5.92 Å². The van der Waals surface area contributed by atoms with Gasteiger partial charge in [0.25, 0.3) is 0 Å². The first kappa shape index (κ1) is 13.6. The van der Waals surface area contributed by atoms with Crippen molar-refractivity contribution in [2.75, 3.05) is 26.2 Å². The Morgan fingerprint density at radius 3 is 2.89 bits per heavy atom. The first-order valence-electron chi connectivity index (χ1n) is 7.21. The number of hydrogen-bond acceptors (Lipinski definition) is 3. The van der Waals surface area contributed by atoms with Crippen molar-refractivity contribution in [1.29, 1.82) is 0 Å². The number of nitrogens with zero attached hydrogens (tertiary/aromatic N) is 3. The Kier molecular flexibility index (Phi) is 5.20. The summed E-state index contributed by atoms with van der Waals surface area (Å²) in [6.07, 6.45) is 6.64. The molecule has 1 saturated heterocycles. The molecule has 0 aromatic carbocycles. The third-order valence-corrected chi connectivity index (χ3v) is 3.71. The van der Waals surface area contributed by atoms with Crippen LogP contribution in [-0.2, 0) is 13.1 Å². The maximum atomic E-state index is 4.19. The minimum Gasteiger partial charge on any atom is -0.334 e. The number of aromatic nitrogens is 2. The summed E-state index contributed by atoms with van der Waals surface area (Å²) in [5, 5.41) is 3.55. The minimum atomic E-state index is 0.723. The molecule has 1 N–H and O–H groups in total. The van der Waals surface area contributed by atoms with E-state index < -0.39 is 0 Å². The van der Waals surface area contributed by atoms with Gasteiger partial charge in [0, 0.05) is 25.8 Å². The standard InChI is InChI=1S/C14H26N4/c1-3-18-12-16-10-14(18)9-15-8-13(2)11-17-6-4-5-7-17/h10,12-13,15H,3-9,11H2,1-2H3. The molecule has 1 atom stereocenters. The molecule has 0 amide bonds. The molecule has 102 valence electrons. The summed E-state index contributed by atoms with van der Waals surface area (Å²) in [5.41, 5.74) is 1.28. The summed E-state index contributed by atoms with van der Waals surface area (Å²) in [4.78, 5) is 6.77. The van der Waals surface area contributed by atoms with Gasteiger partial charge in [0.05, 0.1) is 12.0 Å². The smallest absolute Gasteiger partial charge is 0.0948 e. The van der Waals surface area contributed by atoms with E-state index in [1.165, 1.54) is 38.2 Å². The van der Waals surface area contributed by atoms with Crippen LogP contribution in [0.15, 0.2) is 12.5 Å². The second-order valence-corrected chi connectivity index (χ2v) is 5.41. The van der Waals surface area contributed by atoms with Gasteiger partial charge in [0.2, 0.25) is 0 Å². The molecule has 1 fully saturated rings. The van der Waals surface area contributed by atoms with Crippen LogP contribution in [0.5, 0.6) is 0 Å². The molecule has 0 saturated carbocycles. The summed E-state index contributed by atoms with van der Waals surface area (Å²) in [6.45, 7) is 11.3. The Morgan fingerprint density at radius 2 is 2.17 bits per heavy atom. The van der Waals surface area contributed by atoms with Gasteiger partial charge in [-0.15, -0.1) is 0 Å². The number of rotatable bonds is 7. The lowest BCUT2D eigenvalue weighted by atomic mass is 10.1. The largest absolute Gasteiger partial charge is 0.334 e. The predicted octanol–water partition coefficient (Wildman–Crippen LogP) is 1.72. The molecule has 1 aliphatic heterocycles. The molecule has 1 unspecified atom stereocenters. The van der Waals surface area contributed by atoms with Crippen LogP contribution in [0.2, 0.25) is 0 Å². The minimum absolute atomic E-state index is 0.723. The van der Waals surface area contributed by atoms with Crippen LogP contribution in [-0.4, -0.2) is 40.6 Å². The second-order valence-electron chi connectivity index (χ2n) is 5.41. The average Bonchev–Trinajstić information content (AvgIpc) is 3.00. The monoisotopic (exact) mass is 250 g/mol. The van der Waals surface area contributed by atoms with E-state index in [2.05, 4.69) is 33.6 Å². The summed E-state index contributed by atoms with van der Waals surface area (Å²) < 4.78 is 2.19. The highest BCUT2D eigenvalue weighted by molar-refractivity contribution is 4.97. The molecule has 1 aromatic rings. The molecule has 2 rings (SSSR count). The van der Waals surface area contributed by atoms with Gasteiger partial charge in [-0.2, -0.15) is 0 Å². The molecule has 1 aliphatic rings. The van der Waals surface area contributed by atoms with Crippen LogP contribution in [0.3, 0.4) is 0 Å². The number of imidazole rings is 1. The maximum Gasteiger partial charge on any atom is 0.0948 e. The maximum absolute atomic E-state index is 4.19. The van der Waals surface area contributed by atoms with Crippen molar-refractivity contribution in [2.45, 2.75) is 39.8 Å². The zero-order valence-corrected chi connectivity index (χ0v) is 11.7. The first-order valence-corrected chi connectivity index (χ1v) is 7.21. The lowest BCUT2D eigenvalue weighted by Crippen LogP contribution is -2.31. The van der Waals surface area contributed by atoms with Crippen LogP contribution in [0.25, 0.3) is 0 Å². The van der Waals surface area contributed by atoms with Gasteiger partial charge in [-0.3, -0.25) is 0 Å². The molecule has 4 nitrogen and oxygen atoms in total. The Balaban J connectivity index is 1.65. The van der Waals surface area contributed by atoms with E-state index in [9.17, 15) is 0 Å². The highest BCUT2D eigenvalue weighted by atomic mass is 15.1. The van der Waals surface area contributed by atoms with E-state index in [0.29, 0.717) is 0 Å². The summed E-state index contributed by atoms with van der Waals surface area (Å²) in [6, 6.07) is 0. The van der Waals surface area contributed by atoms with Gasteiger partial charge in [-0.1, -0.05) is 6.92 Å². The summed E-state index contributed by atoms with van der Waals surface area (Å²) in [7, 11) is 0. The van der Waals surface area contributed by atoms with Gasteiger partial charge in [0.1, 0.15) is 0 Å². The molecular formula is C14H26N4. The Hall–Kier alpha value is -0.870. The lowest BCUT2D eigenvalue weighted by molar-refractivity contribution is 0.282. The number of aryl methyl sites for hydroxylation is 1. The average molecular weight is 250 g/mol. The van der Waals surface area contributed by atoms with Gasteiger partial charge >= 0.3 is 0 Å². The van der Waals surface area contributed by atoms with Gasteiger partial charge in [0.15, 0.2) is 0 Å². The van der Waals surface area contributed by atoms with Crippen LogP contribution in [0.1, 0.15) is 32.4 Å². The van der Waals surface area contributed by atoms with Gasteiger partial charge < -0.3 is 14.8 Å². The zero-order chi connectivity index (χ0) is 12.8. The molecule has 0 radical (unpaired) electrons. The Bertz CT molecular complexity index is 341. The second kappa shape index (κ2) is 6.90. The highest BCUT2D eigenvalue weighted by Crippen LogP contribution is 2.09. The van der Waals surface area contributed by atoms with E-state index in [4.69, 9.17) is 0 Å². The molecule has 0 spiro atoms. The van der Waals surface area contributed by atoms with E-state index in [1.807, 2.05) is 12.5 Å². The van der Waals surface area contributed by atoms with Crippen LogP contribution in [0.4, 0.5) is 0 Å². The summed E-state index contributed by atoms with van der Waals surface area (Å²) >= 11 is 0.